The first kappa shape index (κ1) is 20.0. The van der Waals surface area contributed by atoms with E-state index in [1.807, 2.05) is 36.5 Å². The first-order valence-electron chi connectivity index (χ1n) is 8.71. The largest absolute Gasteiger partial charge is 0.361 e. The van der Waals surface area contributed by atoms with Gasteiger partial charge in [0.15, 0.2) is 0 Å². The molecule has 6 nitrogen and oxygen atoms in total. The predicted molar refractivity (Wildman–Crippen MR) is 112 cm³/mol. The van der Waals surface area contributed by atoms with Crippen molar-refractivity contribution in [3.63, 3.8) is 0 Å². The van der Waals surface area contributed by atoms with Crippen LogP contribution in [0.2, 0.25) is 10.0 Å². The van der Waals surface area contributed by atoms with Crippen molar-refractivity contribution in [3.8, 4) is 0 Å². The van der Waals surface area contributed by atoms with Gasteiger partial charge in [-0.05, 0) is 36.2 Å². The van der Waals surface area contributed by atoms with Crippen LogP contribution in [-0.4, -0.2) is 29.5 Å². The van der Waals surface area contributed by atoms with Crippen molar-refractivity contribution in [2.45, 2.75) is 18.9 Å². The molecular weight excluding hydrogens is 399 g/mol. The number of para-hydroxylation sites is 1. The average Bonchev–Trinajstić information content (AvgIpc) is 3.06. The molecule has 2 atom stereocenters. The average molecular weight is 419 g/mol. The minimum absolute atomic E-state index is 0.217. The lowest BCUT2D eigenvalue weighted by Gasteiger charge is -2.21. The molecular formula is C20H20Cl2N4O2. The lowest BCUT2D eigenvalue weighted by Crippen LogP contribution is -2.47. The number of amides is 3. The van der Waals surface area contributed by atoms with Crippen molar-refractivity contribution < 1.29 is 9.59 Å². The van der Waals surface area contributed by atoms with Gasteiger partial charge in [-0.3, -0.25) is 4.79 Å². The molecule has 1 heterocycles. The van der Waals surface area contributed by atoms with Gasteiger partial charge in [-0.15, -0.1) is 0 Å². The second kappa shape index (κ2) is 8.54. The number of rotatable bonds is 6. The third-order valence-electron chi connectivity index (χ3n) is 4.57. The van der Waals surface area contributed by atoms with Gasteiger partial charge in [0, 0.05) is 39.6 Å². The SMILES string of the molecule is CC(NC(N)=O)C(=O)NCC(c1ccc(Cl)cc1Cl)c1c[nH]c2ccccc12. The van der Waals surface area contributed by atoms with Gasteiger partial charge in [-0.25, -0.2) is 4.79 Å². The molecule has 146 valence electrons. The van der Waals surface area contributed by atoms with Gasteiger partial charge in [-0.1, -0.05) is 47.5 Å². The van der Waals surface area contributed by atoms with Gasteiger partial charge in [0.1, 0.15) is 6.04 Å². The van der Waals surface area contributed by atoms with Crippen molar-refractivity contribution in [2.24, 2.45) is 5.73 Å². The number of benzene rings is 2. The van der Waals surface area contributed by atoms with Crippen LogP contribution in [0.4, 0.5) is 4.79 Å². The number of aromatic nitrogens is 1. The lowest BCUT2D eigenvalue weighted by molar-refractivity contribution is -0.122. The van der Waals surface area contributed by atoms with Crippen LogP contribution in [0.1, 0.15) is 24.0 Å². The van der Waals surface area contributed by atoms with Gasteiger partial charge in [0.2, 0.25) is 5.91 Å². The first-order chi connectivity index (χ1) is 13.4. The monoisotopic (exact) mass is 418 g/mol. The highest BCUT2D eigenvalue weighted by molar-refractivity contribution is 6.35. The molecule has 0 saturated heterocycles. The number of primary amides is 1. The molecule has 0 saturated carbocycles. The number of nitrogens with two attached hydrogens (primary N) is 1. The van der Waals surface area contributed by atoms with Crippen molar-refractivity contribution in [3.05, 3.63) is 69.8 Å². The Kier molecular flexibility index (Phi) is 6.11. The zero-order chi connectivity index (χ0) is 20.3. The summed E-state index contributed by atoms with van der Waals surface area (Å²) in [5.41, 5.74) is 7.91. The van der Waals surface area contributed by atoms with E-state index in [2.05, 4.69) is 15.6 Å². The zero-order valence-corrected chi connectivity index (χ0v) is 16.6. The third kappa shape index (κ3) is 4.40. The summed E-state index contributed by atoms with van der Waals surface area (Å²) < 4.78 is 0. The molecule has 3 amide bonds. The fraction of sp³-hybridized carbons (Fsp3) is 0.200. The van der Waals surface area contributed by atoms with Crippen LogP contribution >= 0.6 is 23.2 Å². The summed E-state index contributed by atoms with van der Waals surface area (Å²) >= 11 is 12.5. The fourth-order valence-corrected chi connectivity index (χ4v) is 3.73. The highest BCUT2D eigenvalue weighted by Crippen LogP contribution is 2.35. The molecule has 2 unspecified atom stereocenters. The van der Waals surface area contributed by atoms with E-state index in [1.54, 1.807) is 19.1 Å². The Morgan fingerprint density at radius 2 is 1.89 bits per heavy atom. The summed E-state index contributed by atoms with van der Waals surface area (Å²) in [6, 6.07) is 11.7. The van der Waals surface area contributed by atoms with Crippen molar-refractivity contribution in [1.82, 2.24) is 15.6 Å². The van der Waals surface area contributed by atoms with E-state index >= 15 is 0 Å². The maximum atomic E-state index is 12.3. The fourth-order valence-electron chi connectivity index (χ4n) is 3.19. The van der Waals surface area contributed by atoms with Crippen LogP contribution in [0, 0.1) is 0 Å². The van der Waals surface area contributed by atoms with Crippen LogP contribution in [0.25, 0.3) is 10.9 Å². The quantitative estimate of drug-likeness (QED) is 0.489. The number of urea groups is 1. The van der Waals surface area contributed by atoms with Crippen molar-refractivity contribution >= 4 is 46.0 Å². The minimum atomic E-state index is -0.753. The van der Waals surface area contributed by atoms with Crippen LogP contribution < -0.4 is 16.4 Å². The minimum Gasteiger partial charge on any atom is -0.361 e. The number of hydrogen-bond donors (Lipinski definition) is 4. The van der Waals surface area contributed by atoms with E-state index in [-0.39, 0.29) is 18.4 Å². The topological polar surface area (TPSA) is 100 Å². The maximum absolute atomic E-state index is 12.3. The Labute approximate surface area is 172 Å². The molecule has 0 fully saturated rings. The first-order valence-corrected chi connectivity index (χ1v) is 9.47. The smallest absolute Gasteiger partial charge is 0.312 e. The molecule has 1 aromatic heterocycles. The molecule has 0 bridgehead atoms. The van der Waals surface area contributed by atoms with Gasteiger partial charge >= 0.3 is 6.03 Å². The van der Waals surface area contributed by atoms with Gasteiger partial charge < -0.3 is 21.4 Å². The van der Waals surface area contributed by atoms with E-state index in [9.17, 15) is 9.59 Å². The number of hydrogen-bond acceptors (Lipinski definition) is 2. The number of carbonyl (C=O) groups is 2. The van der Waals surface area contributed by atoms with Crippen molar-refractivity contribution in [1.29, 1.82) is 0 Å². The van der Waals surface area contributed by atoms with Crippen LogP contribution in [0.15, 0.2) is 48.7 Å². The Morgan fingerprint density at radius 1 is 1.14 bits per heavy atom. The highest BCUT2D eigenvalue weighted by atomic mass is 35.5. The van der Waals surface area contributed by atoms with E-state index in [4.69, 9.17) is 28.9 Å². The molecule has 0 radical (unpaired) electrons. The lowest BCUT2D eigenvalue weighted by atomic mass is 9.90. The standard InChI is InChI=1S/C20H20Cl2N4O2/c1-11(26-20(23)28)19(27)25-10-15(13-7-6-12(21)8-17(13)22)16-9-24-18-5-3-2-4-14(16)18/h2-9,11,15,24H,10H2,1H3,(H,25,27)(H3,23,26,28). The summed E-state index contributed by atoms with van der Waals surface area (Å²) in [5.74, 6) is -0.556. The van der Waals surface area contributed by atoms with E-state index in [0.717, 1.165) is 22.0 Å². The number of aromatic amines is 1. The van der Waals surface area contributed by atoms with E-state index in [1.165, 1.54) is 0 Å². The predicted octanol–water partition coefficient (Wildman–Crippen LogP) is 3.78. The van der Waals surface area contributed by atoms with Gasteiger partial charge in [0.05, 0.1) is 0 Å². The summed E-state index contributed by atoms with van der Waals surface area (Å²) in [5, 5.41) is 7.32. The van der Waals surface area contributed by atoms with Crippen LogP contribution in [-0.2, 0) is 4.79 Å². The van der Waals surface area contributed by atoms with Crippen LogP contribution in [0.5, 0.6) is 0 Å². The van der Waals surface area contributed by atoms with Crippen molar-refractivity contribution in [2.75, 3.05) is 6.54 Å². The zero-order valence-electron chi connectivity index (χ0n) is 15.1. The molecule has 3 aromatic rings. The normalized spacial score (nSPS) is 13.1. The van der Waals surface area contributed by atoms with E-state index in [0.29, 0.717) is 10.0 Å². The molecule has 8 heteroatoms. The molecule has 0 aliphatic heterocycles. The molecule has 2 aromatic carbocycles. The molecule has 3 rings (SSSR count). The number of H-pyrrole nitrogens is 1. The Hall–Kier alpha value is -2.70. The molecule has 0 aliphatic rings. The Bertz CT molecular complexity index is 1020. The molecule has 28 heavy (non-hydrogen) atoms. The summed E-state index contributed by atoms with van der Waals surface area (Å²) in [4.78, 5) is 26.6. The summed E-state index contributed by atoms with van der Waals surface area (Å²) in [7, 11) is 0. The Morgan fingerprint density at radius 3 is 2.61 bits per heavy atom. The molecule has 5 N–H and O–H groups in total. The Balaban J connectivity index is 1.93. The van der Waals surface area contributed by atoms with Gasteiger partial charge in [-0.2, -0.15) is 0 Å². The number of carbonyl (C=O) groups excluding carboxylic acids is 2. The molecule has 0 aliphatic carbocycles. The number of halogens is 2. The van der Waals surface area contributed by atoms with Crippen LogP contribution in [0.3, 0.4) is 0 Å². The number of nitrogens with one attached hydrogen (secondary N) is 3. The second-order valence-corrected chi connectivity index (χ2v) is 7.33. The molecule has 0 spiro atoms. The number of fused-ring (bicyclic) bond motifs is 1. The summed E-state index contributed by atoms with van der Waals surface area (Å²) in [6.45, 7) is 1.85. The highest BCUT2D eigenvalue weighted by Gasteiger charge is 2.23. The van der Waals surface area contributed by atoms with Gasteiger partial charge in [0.25, 0.3) is 0 Å². The maximum Gasteiger partial charge on any atom is 0.312 e. The second-order valence-electron chi connectivity index (χ2n) is 6.48. The summed E-state index contributed by atoms with van der Waals surface area (Å²) in [6.07, 6.45) is 1.91. The third-order valence-corrected chi connectivity index (χ3v) is 5.13. The van der Waals surface area contributed by atoms with E-state index < -0.39 is 12.1 Å².